The Balaban J connectivity index is 1.80. The second kappa shape index (κ2) is 7.21. The fourth-order valence-corrected chi connectivity index (χ4v) is 2.38. The standard InChI is InChI=1S/C12H15N3O7/c1-6(16)21-7-4-19-12-8(5-20-11(7)12)22-10(18)3-2-9(17)14-15-13/h7-8,11-12H,2-5H2,1H3/t7-,8-,11-,12-/m1/s1. The van der Waals surface area contributed by atoms with Gasteiger partial charge in [-0.05, 0) is 10.6 Å². The van der Waals surface area contributed by atoms with Gasteiger partial charge in [-0.2, -0.15) is 0 Å². The van der Waals surface area contributed by atoms with E-state index < -0.39 is 42.3 Å². The van der Waals surface area contributed by atoms with Crippen LogP contribution < -0.4 is 0 Å². The van der Waals surface area contributed by atoms with E-state index in [-0.39, 0.29) is 26.1 Å². The molecular weight excluding hydrogens is 298 g/mol. The molecule has 0 aromatic heterocycles. The Morgan fingerprint density at radius 3 is 2.27 bits per heavy atom. The fraction of sp³-hybridized carbons (Fsp3) is 0.750. The van der Waals surface area contributed by atoms with Crippen LogP contribution >= 0.6 is 0 Å². The van der Waals surface area contributed by atoms with Gasteiger partial charge >= 0.3 is 11.9 Å². The van der Waals surface area contributed by atoms with Crippen LogP contribution in [0.2, 0.25) is 0 Å². The van der Waals surface area contributed by atoms with Crippen LogP contribution in [0.15, 0.2) is 5.11 Å². The van der Waals surface area contributed by atoms with E-state index in [0.717, 1.165) is 0 Å². The van der Waals surface area contributed by atoms with Gasteiger partial charge in [0.2, 0.25) is 5.91 Å². The van der Waals surface area contributed by atoms with Crippen molar-refractivity contribution in [3.8, 4) is 0 Å². The first-order valence-electron chi connectivity index (χ1n) is 6.69. The summed E-state index contributed by atoms with van der Waals surface area (Å²) in [5.41, 5.74) is 8.07. The molecule has 2 fully saturated rings. The van der Waals surface area contributed by atoms with Gasteiger partial charge in [0.25, 0.3) is 0 Å². The number of carbonyl (C=O) groups is 3. The van der Waals surface area contributed by atoms with Gasteiger partial charge in [0.15, 0.2) is 12.2 Å². The lowest BCUT2D eigenvalue weighted by Crippen LogP contribution is -2.35. The van der Waals surface area contributed by atoms with Gasteiger partial charge in [0, 0.05) is 18.3 Å². The van der Waals surface area contributed by atoms with Crippen LogP contribution in [0.4, 0.5) is 0 Å². The largest absolute Gasteiger partial charge is 0.457 e. The number of fused-ring (bicyclic) bond motifs is 1. The molecule has 0 aliphatic carbocycles. The summed E-state index contributed by atoms with van der Waals surface area (Å²) in [6.07, 6.45) is -2.52. The maximum atomic E-state index is 11.6. The summed E-state index contributed by atoms with van der Waals surface area (Å²) < 4.78 is 21.2. The minimum absolute atomic E-state index is 0.128. The zero-order chi connectivity index (χ0) is 16.1. The summed E-state index contributed by atoms with van der Waals surface area (Å²) in [6, 6.07) is 0. The summed E-state index contributed by atoms with van der Waals surface area (Å²) in [7, 11) is 0. The fourth-order valence-electron chi connectivity index (χ4n) is 2.38. The molecule has 4 atom stereocenters. The average molecular weight is 313 g/mol. The molecule has 2 saturated heterocycles. The zero-order valence-corrected chi connectivity index (χ0v) is 11.8. The molecule has 0 radical (unpaired) electrons. The highest BCUT2D eigenvalue weighted by Crippen LogP contribution is 2.30. The smallest absolute Gasteiger partial charge is 0.306 e. The lowest BCUT2D eigenvalue weighted by Gasteiger charge is -2.16. The van der Waals surface area contributed by atoms with Crippen molar-refractivity contribution in [2.75, 3.05) is 13.2 Å². The number of hydrogen-bond acceptors (Lipinski definition) is 7. The molecule has 22 heavy (non-hydrogen) atoms. The molecule has 0 aromatic rings. The van der Waals surface area contributed by atoms with Crippen LogP contribution in [0.5, 0.6) is 0 Å². The lowest BCUT2D eigenvalue weighted by molar-refractivity contribution is -0.155. The van der Waals surface area contributed by atoms with Crippen LogP contribution in [0.1, 0.15) is 19.8 Å². The Bertz CT molecular complexity index is 517. The molecule has 0 spiro atoms. The number of ether oxygens (including phenoxy) is 4. The van der Waals surface area contributed by atoms with Crippen LogP contribution in [-0.2, 0) is 33.3 Å². The molecule has 2 aliphatic rings. The van der Waals surface area contributed by atoms with E-state index in [0.29, 0.717) is 0 Å². The number of amides is 1. The van der Waals surface area contributed by atoms with Gasteiger partial charge in [-0.15, -0.1) is 0 Å². The van der Waals surface area contributed by atoms with Gasteiger partial charge in [-0.25, -0.2) is 0 Å². The predicted molar refractivity (Wildman–Crippen MR) is 68.3 cm³/mol. The predicted octanol–water partition coefficient (Wildman–Crippen LogP) is 0.245. The molecule has 10 nitrogen and oxygen atoms in total. The first-order chi connectivity index (χ1) is 10.5. The third-order valence-corrected chi connectivity index (χ3v) is 3.26. The highest BCUT2D eigenvalue weighted by Gasteiger charge is 2.50. The Kier molecular flexibility index (Phi) is 5.31. The third kappa shape index (κ3) is 3.94. The first-order valence-corrected chi connectivity index (χ1v) is 6.69. The number of nitrogens with zero attached hydrogens (tertiary/aromatic N) is 3. The van der Waals surface area contributed by atoms with Crippen molar-refractivity contribution in [1.29, 1.82) is 0 Å². The van der Waals surface area contributed by atoms with Crippen LogP contribution in [0.3, 0.4) is 0 Å². The van der Waals surface area contributed by atoms with Crippen molar-refractivity contribution in [3.05, 3.63) is 10.4 Å². The monoisotopic (exact) mass is 313 g/mol. The molecule has 0 saturated carbocycles. The summed E-state index contributed by atoms with van der Waals surface area (Å²) >= 11 is 0. The summed E-state index contributed by atoms with van der Waals surface area (Å²) in [5, 5.41) is 2.86. The van der Waals surface area contributed by atoms with Crippen molar-refractivity contribution in [2.45, 2.75) is 44.2 Å². The average Bonchev–Trinajstić information content (AvgIpc) is 3.01. The highest BCUT2D eigenvalue weighted by molar-refractivity contribution is 5.81. The second-order valence-corrected chi connectivity index (χ2v) is 4.86. The number of hydrogen-bond donors (Lipinski definition) is 0. The maximum Gasteiger partial charge on any atom is 0.306 e. The van der Waals surface area contributed by atoms with E-state index in [1.54, 1.807) is 0 Å². The molecule has 120 valence electrons. The van der Waals surface area contributed by atoms with Gasteiger partial charge in [-0.1, -0.05) is 0 Å². The van der Waals surface area contributed by atoms with Crippen molar-refractivity contribution in [3.63, 3.8) is 0 Å². The number of carbonyl (C=O) groups excluding carboxylic acids is 3. The maximum absolute atomic E-state index is 11.6. The van der Waals surface area contributed by atoms with E-state index in [4.69, 9.17) is 24.5 Å². The Morgan fingerprint density at radius 2 is 1.73 bits per heavy atom. The van der Waals surface area contributed by atoms with E-state index in [1.807, 2.05) is 0 Å². The molecule has 0 N–H and O–H groups in total. The minimum atomic E-state index is -0.730. The Morgan fingerprint density at radius 1 is 1.14 bits per heavy atom. The molecule has 0 aromatic carbocycles. The van der Waals surface area contributed by atoms with Crippen LogP contribution in [0.25, 0.3) is 10.4 Å². The van der Waals surface area contributed by atoms with Crippen molar-refractivity contribution < 1.29 is 33.3 Å². The molecular formula is C12H15N3O7. The SMILES string of the molecule is CC(=O)O[C@@H]1CO[C@H]2[C@@H]1OC[C@H]2OC(=O)CCC(=O)N=[N+]=[N-]. The first kappa shape index (κ1) is 16.2. The van der Waals surface area contributed by atoms with Gasteiger partial charge in [0.05, 0.1) is 19.6 Å². The van der Waals surface area contributed by atoms with Crippen LogP contribution in [-0.4, -0.2) is 55.5 Å². The van der Waals surface area contributed by atoms with Crippen molar-refractivity contribution in [2.24, 2.45) is 5.11 Å². The summed E-state index contributed by atoms with van der Waals surface area (Å²) in [5.74, 6) is -1.78. The summed E-state index contributed by atoms with van der Waals surface area (Å²) in [6.45, 7) is 1.60. The van der Waals surface area contributed by atoms with Gasteiger partial charge in [0.1, 0.15) is 12.2 Å². The normalized spacial score (nSPS) is 29.3. The van der Waals surface area contributed by atoms with Crippen molar-refractivity contribution in [1.82, 2.24) is 0 Å². The molecule has 0 unspecified atom stereocenters. The molecule has 2 heterocycles. The topological polar surface area (TPSA) is 137 Å². The minimum Gasteiger partial charge on any atom is -0.457 e. The quantitative estimate of drug-likeness (QED) is 0.307. The summed E-state index contributed by atoms with van der Waals surface area (Å²) in [4.78, 5) is 35.9. The zero-order valence-electron chi connectivity index (χ0n) is 11.8. The number of esters is 2. The molecule has 2 aliphatic heterocycles. The number of azide groups is 1. The van der Waals surface area contributed by atoms with E-state index in [1.165, 1.54) is 6.92 Å². The Hall–Kier alpha value is -2.16. The molecule has 0 bridgehead atoms. The molecule has 2 rings (SSSR count). The lowest BCUT2D eigenvalue weighted by atomic mass is 10.1. The number of rotatable bonds is 5. The van der Waals surface area contributed by atoms with E-state index >= 15 is 0 Å². The molecule has 10 heteroatoms. The van der Waals surface area contributed by atoms with E-state index in [9.17, 15) is 14.4 Å². The van der Waals surface area contributed by atoms with E-state index in [2.05, 4.69) is 10.0 Å². The molecule has 1 amide bonds. The van der Waals surface area contributed by atoms with Gasteiger partial charge < -0.3 is 18.9 Å². The van der Waals surface area contributed by atoms with Gasteiger partial charge in [-0.3, -0.25) is 14.4 Å². The second-order valence-electron chi connectivity index (χ2n) is 4.86. The highest BCUT2D eigenvalue weighted by atomic mass is 16.7. The third-order valence-electron chi connectivity index (χ3n) is 3.26. The van der Waals surface area contributed by atoms with Crippen LogP contribution in [0, 0.1) is 0 Å². The van der Waals surface area contributed by atoms with Crippen molar-refractivity contribution >= 4 is 17.8 Å². The Labute approximate surface area is 125 Å².